The number of anilines is 1. The largest absolute Gasteiger partial charge is 0.587 e. The van der Waals surface area contributed by atoms with Crippen LogP contribution in [0, 0.1) is 6.92 Å². The molecule has 13 heteroatoms. The Morgan fingerprint density at radius 1 is 1.26 bits per heavy atom. The molecule has 34 heavy (non-hydrogen) atoms. The first-order valence-electron chi connectivity index (χ1n) is 10.7. The molecule has 1 aromatic carbocycles. The molecule has 0 spiro atoms. The molecule has 2 atom stereocenters. The minimum atomic E-state index is -4.08. The molecule has 5 rings (SSSR count). The van der Waals surface area contributed by atoms with Gasteiger partial charge in [-0.25, -0.2) is 9.67 Å². The third kappa shape index (κ3) is 3.61. The molecule has 1 saturated heterocycles. The number of fused-ring (bicyclic) bond motifs is 2. The minimum Gasteiger partial charge on any atom is -0.587 e. The number of carbonyl (C=O) groups excluding carboxylic acids is 2. The molecule has 2 aromatic heterocycles. The van der Waals surface area contributed by atoms with E-state index in [-0.39, 0.29) is 52.8 Å². The number of para-hydroxylation sites is 1. The molecule has 178 valence electrons. The number of carbonyl (C=O) groups is 2. The van der Waals surface area contributed by atoms with Crippen molar-refractivity contribution in [3.8, 4) is 0 Å². The number of aromatic nitrogens is 4. The normalized spacial score (nSPS) is 20.0. The number of hydrogen-bond acceptors (Lipinski definition) is 8. The zero-order valence-electron chi connectivity index (χ0n) is 18.5. The number of imide groups is 1. The van der Waals surface area contributed by atoms with Crippen molar-refractivity contribution in [1.29, 1.82) is 0 Å². The molecular weight excluding hydrogens is 464 g/mol. The summed E-state index contributed by atoms with van der Waals surface area (Å²) < 4.78 is 37.2. The van der Waals surface area contributed by atoms with E-state index in [1.807, 2.05) is 0 Å². The zero-order valence-corrected chi connectivity index (χ0v) is 19.3. The number of aryl methyl sites for hydroxylation is 2. The molecule has 2 unspecified atom stereocenters. The third-order valence-corrected chi connectivity index (χ3v) is 7.54. The van der Waals surface area contributed by atoms with Gasteiger partial charge in [-0.2, -0.15) is 9.82 Å². The number of nitrogens with zero attached hydrogens (tertiary/aromatic N) is 4. The van der Waals surface area contributed by atoms with Crippen LogP contribution in [0.3, 0.4) is 0 Å². The second-order valence-electron chi connectivity index (χ2n) is 8.26. The predicted molar refractivity (Wildman–Crippen MR) is 119 cm³/mol. The van der Waals surface area contributed by atoms with E-state index in [0.29, 0.717) is 24.3 Å². The van der Waals surface area contributed by atoms with Crippen LogP contribution in [0.2, 0.25) is 0 Å². The van der Waals surface area contributed by atoms with Gasteiger partial charge in [-0.1, -0.05) is 10.3 Å². The van der Waals surface area contributed by atoms with Crippen LogP contribution in [0.15, 0.2) is 28.0 Å². The highest BCUT2D eigenvalue weighted by molar-refractivity contribution is 7.98. The van der Waals surface area contributed by atoms with Crippen LogP contribution in [0.25, 0.3) is 10.9 Å². The van der Waals surface area contributed by atoms with Crippen LogP contribution in [0.5, 0.6) is 0 Å². The summed E-state index contributed by atoms with van der Waals surface area (Å²) in [6, 6.07) is 3.70. The fraction of sp³-hybridized carbons (Fsp3) is 0.381. The lowest BCUT2D eigenvalue weighted by Gasteiger charge is -2.25. The van der Waals surface area contributed by atoms with E-state index >= 15 is 0 Å². The van der Waals surface area contributed by atoms with Crippen molar-refractivity contribution in [1.82, 2.24) is 24.6 Å². The topological polar surface area (TPSA) is 160 Å². The Labute approximate surface area is 194 Å². The lowest BCUT2D eigenvalue weighted by Crippen LogP contribution is -2.45. The van der Waals surface area contributed by atoms with Gasteiger partial charge in [0.05, 0.1) is 29.9 Å². The van der Waals surface area contributed by atoms with Gasteiger partial charge in [-0.15, -0.1) is 0 Å². The minimum absolute atomic E-state index is 0.00666. The maximum atomic E-state index is 13.3. The quantitative estimate of drug-likeness (QED) is 0.398. The van der Waals surface area contributed by atoms with E-state index in [1.54, 1.807) is 14.0 Å². The number of ether oxygens (including phenoxy) is 1. The fourth-order valence-corrected chi connectivity index (χ4v) is 5.97. The summed E-state index contributed by atoms with van der Waals surface area (Å²) in [6.45, 7) is 2.18. The van der Waals surface area contributed by atoms with E-state index in [4.69, 9.17) is 4.74 Å². The summed E-state index contributed by atoms with van der Waals surface area (Å²) >= 11 is 0. The van der Waals surface area contributed by atoms with Gasteiger partial charge in [0.1, 0.15) is 23.1 Å². The zero-order chi connectivity index (χ0) is 24.2. The molecule has 3 aromatic rings. The number of sulfonamides is 1. The average Bonchev–Trinajstić information content (AvgIpc) is 3.12. The second kappa shape index (κ2) is 8.11. The van der Waals surface area contributed by atoms with Crippen molar-refractivity contribution >= 4 is 38.8 Å². The van der Waals surface area contributed by atoms with Crippen LogP contribution in [0.1, 0.15) is 36.0 Å². The molecule has 0 saturated carbocycles. The first-order valence-corrected chi connectivity index (χ1v) is 12.2. The monoisotopic (exact) mass is 486 g/mol. The van der Waals surface area contributed by atoms with Gasteiger partial charge in [0.25, 0.3) is 10.6 Å². The van der Waals surface area contributed by atoms with E-state index in [1.165, 1.54) is 27.4 Å². The van der Waals surface area contributed by atoms with Gasteiger partial charge in [0.2, 0.25) is 11.8 Å². The average molecular weight is 487 g/mol. The fourth-order valence-electron chi connectivity index (χ4n) is 4.53. The predicted octanol–water partition coefficient (Wildman–Crippen LogP) is 0.505. The van der Waals surface area contributed by atoms with Crippen molar-refractivity contribution in [2.45, 2.75) is 43.9 Å². The van der Waals surface area contributed by atoms with Gasteiger partial charge in [0.15, 0.2) is 10.4 Å². The van der Waals surface area contributed by atoms with E-state index in [0.717, 1.165) is 0 Å². The highest BCUT2D eigenvalue weighted by atomic mass is 32.3. The Morgan fingerprint density at radius 2 is 2.06 bits per heavy atom. The summed E-state index contributed by atoms with van der Waals surface area (Å²) in [5, 5.41) is 6.69. The molecule has 0 aliphatic carbocycles. The van der Waals surface area contributed by atoms with Crippen LogP contribution < -0.4 is 15.6 Å². The van der Waals surface area contributed by atoms with Gasteiger partial charge in [-0.3, -0.25) is 24.3 Å². The van der Waals surface area contributed by atoms with Crippen LogP contribution >= 0.6 is 0 Å². The Kier molecular flexibility index (Phi) is 5.34. The van der Waals surface area contributed by atoms with Crippen LogP contribution in [-0.2, 0) is 49.0 Å². The molecule has 2 aliphatic rings. The Morgan fingerprint density at radius 3 is 2.82 bits per heavy atom. The number of amides is 2. The summed E-state index contributed by atoms with van der Waals surface area (Å²) in [7, 11) is -2.53. The lowest BCUT2D eigenvalue weighted by atomic mass is 10.1. The third-order valence-electron chi connectivity index (χ3n) is 6.03. The summed E-state index contributed by atoms with van der Waals surface area (Å²) in [5.74, 6) is -0.729. The molecule has 12 nitrogen and oxygen atoms in total. The van der Waals surface area contributed by atoms with Gasteiger partial charge in [0, 0.05) is 19.9 Å². The molecule has 2 N–H and O–H groups in total. The van der Waals surface area contributed by atoms with Gasteiger partial charge in [-0.05, 0) is 25.5 Å². The first kappa shape index (κ1) is 22.4. The highest BCUT2D eigenvalue weighted by Crippen LogP contribution is 2.31. The Hall–Kier alpha value is -3.42. The molecule has 2 amide bonds. The van der Waals surface area contributed by atoms with Crippen molar-refractivity contribution in [2.75, 3.05) is 11.3 Å². The standard InChI is InChI=1S/C21H22N6O6S/c1-11-22-18-12(20(30)27(11)16-6-7-17(28)23-19(16)29)4-3-5-15(18)25-34(31,32)21-13-10-33-9-8-14(13)24-26(21)2/h3-5,16H,6-10H2,1-2H3,(H2-,23,25,28,29,31,32). The van der Waals surface area contributed by atoms with Gasteiger partial charge < -0.3 is 9.29 Å². The SMILES string of the molecule is Cc1nc2c(N[S+](=O)([O-])c3c4c(nn3C)CCOC4)cccc2c(=O)n1C1CCC(=O)NC1=O. The molecule has 1 fully saturated rings. The van der Waals surface area contributed by atoms with E-state index in [9.17, 15) is 23.1 Å². The number of piperidine rings is 1. The number of nitrogens with one attached hydrogen (secondary N) is 2. The first-order chi connectivity index (χ1) is 16.2. The molecule has 4 heterocycles. The van der Waals surface area contributed by atoms with Gasteiger partial charge >= 0.3 is 0 Å². The van der Waals surface area contributed by atoms with E-state index in [2.05, 4.69) is 20.1 Å². The van der Waals surface area contributed by atoms with Crippen LogP contribution in [0.4, 0.5) is 5.69 Å². The molecule has 0 bridgehead atoms. The molecule has 0 radical (unpaired) electrons. The smallest absolute Gasteiger partial charge is 0.276 e. The summed E-state index contributed by atoms with van der Waals surface area (Å²) in [6.07, 6.45) is 0.811. The van der Waals surface area contributed by atoms with Crippen molar-refractivity contribution in [3.63, 3.8) is 0 Å². The highest BCUT2D eigenvalue weighted by Gasteiger charge is 2.35. The maximum Gasteiger partial charge on any atom is 0.276 e. The second-order valence-corrected chi connectivity index (χ2v) is 9.86. The Balaban J connectivity index is 1.58. The van der Waals surface area contributed by atoms with Crippen molar-refractivity contribution < 1.29 is 23.1 Å². The summed E-state index contributed by atoms with van der Waals surface area (Å²) in [4.78, 5) is 41.6. The lowest BCUT2D eigenvalue weighted by molar-refractivity contribution is -0.135. The molecular formula is C21H22N6O6S. The van der Waals surface area contributed by atoms with Crippen LogP contribution in [-0.4, -0.2) is 42.3 Å². The summed E-state index contributed by atoms with van der Waals surface area (Å²) in [5.41, 5.74) is 0.965. The van der Waals surface area contributed by atoms with E-state index < -0.39 is 27.9 Å². The number of benzene rings is 1. The molecule has 2 aliphatic heterocycles. The number of hydrogen-bond donors (Lipinski definition) is 2. The van der Waals surface area contributed by atoms with Crippen molar-refractivity contribution in [2.24, 2.45) is 7.05 Å². The maximum absolute atomic E-state index is 13.3. The Bertz CT molecular complexity index is 1460. The number of rotatable bonds is 4. The van der Waals surface area contributed by atoms with Crippen molar-refractivity contribution in [3.05, 3.63) is 45.6 Å².